The summed E-state index contributed by atoms with van der Waals surface area (Å²) in [4.78, 5) is 4.65. The van der Waals surface area contributed by atoms with Crippen molar-refractivity contribution in [1.82, 2.24) is 25.4 Å². The minimum atomic E-state index is -0.262. The van der Waals surface area contributed by atoms with Gasteiger partial charge < -0.3 is 10.6 Å². The standard InChI is InChI=1S/C22H27FN6.HI/c1-4-24-21(26-15-22(2,3)17-9-8-10-18(23)13-17)25-14-20-28-27-16-29(20)19-11-6-5-7-12-19;/h5-13,16H,4,14-15H2,1-3H3,(H2,24,25,26);1H. The lowest BCUT2D eigenvalue weighted by Gasteiger charge is -2.26. The van der Waals surface area contributed by atoms with E-state index >= 15 is 0 Å². The average molecular weight is 522 g/mol. The fourth-order valence-corrected chi connectivity index (χ4v) is 2.98. The molecule has 0 saturated carbocycles. The van der Waals surface area contributed by atoms with Crippen LogP contribution in [-0.4, -0.2) is 33.8 Å². The van der Waals surface area contributed by atoms with Gasteiger partial charge in [-0.05, 0) is 36.8 Å². The van der Waals surface area contributed by atoms with Crippen molar-refractivity contribution in [3.05, 3.63) is 78.1 Å². The molecule has 8 heteroatoms. The van der Waals surface area contributed by atoms with E-state index < -0.39 is 0 Å². The van der Waals surface area contributed by atoms with Gasteiger partial charge >= 0.3 is 0 Å². The molecule has 0 spiro atoms. The maximum absolute atomic E-state index is 13.6. The molecule has 3 aromatic rings. The summed E-state index contributed by atoms with van der Waals surface area (Å²) in [6.45, 7) is 7.88. The van der Waals surface area contributed by atoms with Gasteiger partial charge in [0.2, 0.25) is 0 Å². The molecule has 1 heterocycles. The van der Waals surface area contributed by atoms with Crippen LogP contribution in [0, 0.1) is 5.82 Å². The van der Waals surface area contributed by atoms with E-state index in [1.165, 1.54) is 6.07 Å². The summed E-state index contributed by atoms with van der Waals surface area (Å²) in [5.41, 5.74) is 1.67. The third-order valence-electron chi connectivity index (χ3n) is 4.68. The van der Waals surface area contributed by atoms with E-state index in [1.54, 1.807) is 18.5 Å². The van der Waals surface area contributed by atoms with Crippen LogP contribution in [0.15, 0.2) is 65.9 Å². The van der Waals surface area contributed by atoms with Gasteiger partial charge in [-0.25, -0.2) is 9.38 Å². The van der Waals surface area contributed by atoms with E-state index in [0.717, 1.165) is 23.6 Å². The van der Waals surface area contributed by atoms with Crippen molar-refractivity contribution < 1.29 is 4.39 Å². The Labute approximate surface area is 194 Å². The Bertz CT molecular complexity index is 955. The zero-order valence-corrected chi connectivity index (χ0v) is 19.8. The van der Waals surface area contributed by atoms with E-state index in [2.05, 4.69) is 39.7 Å². The van der Waals surface area contributed by atoms with Crippen molar-refractivity contribution in [2.24, 2.45) is 4.99 Å². The summed E-state index contributed by atoms with van der Waals surface area (Å²) in [6, 6.07) is 16.6. The van der Waals surface area contributed by atoms with Gasteiger partial charge in [-0.2, -0.15) is 0 Å². The van der Waals surface area contributed by atoms with Gasteiger partial charge in [0.15, 0.2) is 11.8 Å². The monoisotopic (exact) mass is 522 g/mol. The summed E-state index contributed by atoms with van der Waals surface area (Å²) in [6.07, 6.45) is 1.69. The molecule has 0 fully saturated rings. The second-order valence-corrected chi connectivity index (χ2v) is 7.40. The molecule has 0 aliphatic carbocycles. The molecule has 0 atom stereocenters. The largest absolute Gasteiger partial charge is 0.357 e. The highest BCUT2D eigenvalue weighted by atomic mass is 127. The Morgan fingerprint density at radius 1 is 1.10 bits per heavy atom. The number of nitrogens with zero attached hydrogens (tertiary/aromatic N) is 4. The fraction of sp³-hybridized carbons (Fsp3) is 0.318. The van der Waals surface area contributed by atoms with Crippen LogP contribution in [0.1, 0.15) is 32.2 Å². The second-order valence-electron chi connectivity index (χ2n) is 7.40. The van der Waals surface area contributed by atoms with Crippen LogP contribution in [0.3, 0.4) is 0 Å². The van der Waals surface area contributed by atoms with E-state index in [1.807, 2.05) is 47.9 Å². The van der Waals surface area contributed by atoms with Crippen LogP contribution in [-0.2, 0) is 12.0 Å². The van der Waals surface area contributed by atoms with Crippen molar-refractivity contribution >= 4 is 29.9 Å². The summed E-state index contributed by atoms with van der Waals surface area (Å²) in [5, 5.41) is 14.8. The number of rotatable bonds is 7. The molecule has 160 valence electrons. The lowest BCUT2D eigenvalue weighted by Crippen LogP contribution is -2.43. The molecule has 0 amide bonds. The number of hydrogen-bond donors (Lipinski definition) is 2. The van der Waals surface area contributed by atoms with Crippen molar-refractivity contribution in [1.29, 1.82) is 0 Å². The lowest BCUT2D eigenvalue weighted by molar-refractivity contribution is 0.503. The molecule has 0 aliphatic rings. The average Bonchev–Trinajstić information content (AvgIpc) is 3.19. The van der Waals surface area contributed by atoms with Gasteiger partial charge in [-0.15, -0.1) is 34.2 Å². The van der Waals surface area contributed by atoms with Gasteiger partial charge in [0.05, 0.1) is 0 Å². The lowest BCUT2D eigenvalue weighted by atomic mass is 9.84. The number of hydrogen-bond acceptors (Lipinski definition) is 3. The Hall–Kier alpha value is -2.49. The van der Waals surface area contributed by atoms with E-state index in [9.17, 15) is 4.39 Å². The molecule has 0 saturated heterocycles. The van der Waals surface area contributed by atoms with Gasteiger partial charge in [-0.3, -0.25) is 4.57 Å². The van der Waals surface area contributed by atoms with Crippen molar-refractivity contribution in [3.8, 4) is 5.69 Å². The number of nitrogens with one attached hydrogen (secondary N) is 2. The molecule has 0 unspecified atom stereocenters. The molecule has 0 aliphatic heterocycles. The van der Waals surface area contributed by atoms with Gasteiger partial charge in [-0.1, -0.05) is 44.2 Å². The summed E-state index contributed by atoms with van der Waals surface area (Å²) in [7, 11) is 0. The van der Waals surface area contributed by atoms with E-state index in [4.69, 9.17) is 0 Å². The van der Waals surface area contributed by atoms with Crippen LogP contribution in [0.25, 0.3) is 5.69 Å². The normalized spacial score (nSPS) is 11.7. The Balaban J connectivity index is 0.00000320. The van der Waals surface area contributed by atoms with Crippen LogP contribution in [0.4, 0.5) is 4.39 Å². The van der Waals surface area contributed by atoms with Crippen LogP contribution >= 0.6 is 24.0 Å². The molecule has 0 bridgehead atoms. The Kier molecular flexibility index (Phi) is 8.76. The van der Waals surface area contributed by atoms with E-state index in [-0.39, 0.29) is 35.2 Å². The van der Waals surface area contributed by atoms with Crippen molar-refractivity contribution in [2.75, 3.05) is 13.1 Å². The predicted molar refractivity (Wildman–Crippen MR) is 129 cm³/mol. The van der Waals surface area contributed by atoms with E-state index in [0.29, 0.717) is 19.0 Å². The number of aliphatic imine (C=N–C) groups is 1. The molecule has 3 rings (SSSR count). The first kappa shape index (κ1) is 23.8. The van der Waals surface area contributed by atoms with Crippen molar-refractivity contribution in [3.63, 3.8) is 0 Å². The predicted octanol–water partition coefficient (Wildman–Crippen LogP) is 4.06. The maximum Gasteiger partial charge on any atom is 0.191 e. The SMILES string of the molecule is CCNC(=NCc1nncn1-c1ccccc1)NCC(C)(C)c1cccc(F)c1.I. The highest BCUT2D eigenvalue weighted by Crippen LogP contribution is 2.22. The molecule has 6 nitrogen and oxygen atoms in total. The first-order chi connectivity index (χ1) is 14.0. The topological polar surface area (TPSA) is 67.1 Å². The number of guanidine groups is 1. The molecule has 2 N–H and O–H groups in total. The summed E-state index contributed by atoms with van der Waals surface area (Å²) < 4.78 is 15.5. The zero-order valence-electron chi connectivity index (χ0n) is 17.5. The fourth-order valence-electron chi connectivity index (χ4n) is 2.98. The van der Waals surface area contributed by atoms with Gasteiger partial charge in [0, 0.05) is 24.2 Å². The molecular weight excluding hydrogens is 494 g/mol. The maximum atomic E-state index is 13.6. The van der Waals surface area contributed by atoms with Crippen LogP contribution in [0.2, 0.25) is 0 Å². The molecule has 1 aromatic heterocycles. The van der Waals surface area contributed by atoms with Gasteiger partial charge in [0.1, 0.15) is 18.7 Å². The smallest absolute Gasteiger partial charge is 0.191 e. The van der Waals surface area contributed by atoms with Crippen molar-refractivity contribution in [2.45, 2.75) is 32.7 Å². The first-order valence-corrected chi connectivity index (χ1v) is 9.72. The number of benzene rings is 2. The third-order valence-corrected chi connectivity index (χ3v) is 4.68. The third kappa shape index (κ3) is 6.25. The Morgan fingerprint density at radius 2 is 1.87 bits per heavy atom. The van der Waals surface area contributed by atoms with Gasteiger partial charge in [0.25, 0.3) is 0 Å². The van der Waals surface area contributed by atoms with Crippen LogP contribution in [0.5, 0.6) is 0 Å². The first-order valence-electron chi connectivity index (χ1n) is 9.72. The summed E-state index contributed by atoms with van der Waals surface area (Å²) >= 11 is 0. The number of halogens is 2. The number of aromatic nitrogens is 3. The van der Waals surface area contributed by atoms with Crippen LogP contribution < -0.4 is 10.6 Å². The highest BCUT2D eigenvalue weighted by Gasteiger charge is 2.21. The molecule has 2 aromatic carbocycles. The summed E-state index contributed by atoms with van der Waals surface area (Å²) in [5.74, 6) is 1.20. The molecule has 0 radical (unpaired) electrons. The highest BCUT2D eigenvalue weighted by molar-refractivity contribution is 14.0. The quantitative estimate of drug-likeness (QED) is 0.279. The second kappa shape index (κ2) is 11.1. The number of para-hydroxylation sites is 1. The molecule has 30 heavy (non-hydrogen) atoms. The molecular formula is C22H28FIN6. The minimum absolute atomic E-state index is 0. The Morgan fingerprint density at radius 3 is 2.57 bits per heavy atom. The zero-order chi connectivity index (χ0) is 20.7. The minimum Gasteiger partial charge on any atom is -0.357 e.